The molecule has 2 aromatic heterocycles. The van der Waals surface area contributed by atoms with Gasteiger partial charge >= 0.3 is 0 Å². The largest absolute Gasteiger partial charge is 0.350 e. The summed E-state index contributed by atoms with van der Waals surface area (Å²) in [6.45, 7) is 2.89. The second kappa shape index (κ2) is 7.28. The highest BCUT2D eigenvalue weighted by atomic mass is 35.5. The van der Waals surface area contributed by atoms with E-state index < -0.39 is 0 Å². The van der Waals surface area contributed by atoms with Gasteiger partial charge in [-0.1, -0.05) is 53.3 Å². The molecule has 3 aromatic rings. The summed E-state index contributed by atoms with van der Waals surface area (Å²) in [5.41, 5.74) is 1.15. The second-order valence-electron chi connectivity index (χ2n) is 6.45. The predicted molar refractivity (Wildman–Crippen MR) is 106 cm³/mol. The zero-order valence-electron chi connectivity index (χ0n) is 14.7. The Morgan fingerprint density at radius 3 is 2.93 bits per heavy atom. The lowest BCUT2D eigenvalue weighted by atomic mass is 10.2. The number of hydrogen-bond acceptors (Lipinski definition) is 6. The number of benzene rings is 1. The van der Waals surface area contributed by atoms with Crippen molar-refractivity contribution in [3.8, 4) is 0 Å². The molecule has 4 rings (SSSR count). The number of aromatic nitrogens is 3. The number of anilines is 1. The number of nitrogens with zero attached hydrogens (tertiary/aromatic N) is 4. The first-order valence-electron chi connectivity index (χ1n) is 8.69. The van der Waals surface area contributed by atoms with Crippen LogP contribution in [0, 0.1) is 6.92 Å². The number of halogens is 1. The Bertz CT molecular complexity index is 1050. The molecule has 0 unspecified atom stereocenters. The number of hydrogen-bond donors (Lipinski definition) is 1. The molecule has 1 atom stereocenters. The molecule has 7 nitrogen and oxygen atoms in total. The molecule has 0 bridgehead atoms. The van der Waals surface area contributed by atoms with Crippen molar-refractivity contribution in [2.24, 2.45) is 0 Å². The van der Waals surface area contributed by atoms with Crippen LogP contribution in [0.5, 0.6) is 0 Å². The van der Waals surface area contributed by atoms with Gasteiger partial charge in [-0.25, -0.2) is 4.98 Å². The normalized spacial score (nSPS) is 16.8. The maximum atomic E-state index is 12.7. The van der Waals surface area contributed by atoms with Gasteiger partial charge in [0.2, 0.25) is 16.0 Å². The molecular weight excluding hydrogens is 386 g/mol. The Balaban J connectivity index is 1.56. The predicted octanol–water partition coefficient (Wildman–Crippen LogP) is 2.40. The Labute approximate surface area is 164 Å². The van der Waals surface area contributed by atoms with E-state index >= 15 is 0 Å². The van der Waals surface area contributed by atoms with Crippen molar-refractivity contribution in [3.63, 3.8) is 0 Å². The average Bonchev–Trinajstić information content (AvgIpc) is 3.32. The minimum Gasteiger partial charge on any atom is -0.350 e. The molecule has 1 amide bonds. The first-order valence-corrected chi connectivity index (χ1v) is 9.88. The molecule has 1 saturated heterocycles. The highest BCUT2D eigenvalue weighted by Gasteiger charge is 2.33. The fraction of sp³-hybridized carbons (Fsp3) is 0.333. The van der Waals surface area contributed by atoms with E-state index in [1.165, 1.54) is 15.9 Å². The van der Waals surface area contributed by atoms with Gasteiger partial charge in [-0.3, -0.25) is 9.59 Å². The summed E-state index contributed by atoms with van der Waals surface area (Å²) in [6, 6.07) is 9.49. The molecule has 1 N–H and O–H groups in total. The number of aryl methyl sites for hydroxylation is 1. The third kappa shape index (κ3) is 3.42. The van der Waals surface area contributed by atoms with E-state index in [2.05, 4.69) is 15.4 Å². The van der Waals surface area contributed by atoms with Crippen molar-refractivity contribution < 1.29 is 4.79 Å². The molecule has 0 saturated carbocycles. The van der Waals surface area contributed by atoms with E-state index in [9.17, 15) is 9.59 Å². The summed E-state index contributed by atoms with van der Waals surface area (Å²) >= 11 is 7.29. The third-order valence-corrected chi connectivity index (χ3v) is 6.00. The molecule has 3 heterocycles. The summed E-state index contributed by atoms with van der Waals surface area (Å²) in [5.74, 6) is -0.0369. The standard InChI is InChI=1S/C18H18ClN5O2S/c1-11-14(19)16(26)24-17(21-11)27-18(22-24)23-9-5-8-13(23)15(25)20-10-12-6-3-2-4-7-12/h2-4,6-7,13H,5,8-10H2,1H3,(H,20,25)/t13-/m1/s1. The first kappa shape index (κ1) is 17.9. The highest BCUT2D eigenvalue weighted by molar-refractivity contribution is 7.20. The highest BCUT2D eigenvalue weighted by Crippen LogP contribution is 2.29. The lowest BCUT2D eigenvalue weighted by Crippen LogP contribution is -2.43. The van der Waals surface area contributed by atoms with Crippen molar-refractivity contribution in [2.75, 3.05) is 11.4 Å². The number of carbonyl (C=O) groups excluding carboxylic acids is 1. The molecule has 1 aliphatic rings. The first-order chi connectivity index (χ1) is 13.0. The zero-order valence-corrected chi connectivity index (χ0v) is 16.3. The molecule has 9 heteroatoms. The molecule has 27 heavy (non-hydrogen) atoms. The van der Waals surface area contributed by atoms with Crippen LogP contribution >= 0.6 is 22.9 Å². The van der Waals surface area contributed by atoms with Gasteiger partial charge < -0.3 is 10.2 Å². The van der Waals surface area contributed by atoms with Gasteiger partial charge in [0.15, 0.2) is 0 Å². The van der Waals surface area contributed by atoms with Crippen LogP contribution in [0.4, 0.5) is 5.13 Å². The molecule has 1 aliphatic heterocycles. The maximum absolute atomic E-state index is 12.7. The molecule has 0 radical (unpaired) electrons. The van der Waals surface area contributed by atoms with E-state index in [4.69, 9.17) is 11.6 Å². The molecular formula is C18H18ClN5O2S. The van der Waals surface area contributed by atoms with Gasteiger partial charge in [0.05, 0.1) is 5.69 Å². The summed E-state index contributed by atoms with van der Waals surface area (Å²) in [6.07, 6.45) is 1.64. The molecule has 0 spiro atoms. The Morgan fingerprint density at radius 2 is 2.15 bits per heavy atom. The fourth-order valence-electron chi connectivity index (χ4n) is 3.20. The van der Waals surface area contributed by atoms with Gasteiger partial charge in [-0.15, -0.1) is 5.10 Å². The van der Waals surface area contributed by atoms with Crippen LogP contribution in [0.2, 0.25) is 5.02 Å². The minimum absolute atomic E-state index is 0.0369. The number of rotatable bonds is 4. The van der Waals surface area contributed by atoms with E-state index in [0.717, 1.165) is 18.4 Å². The van der Waals surface area contributed by atoms with Crippen molar-refractivity contribution in [1.82, 2.24) is 19.9 Å². The lowest BCUT2D eigenvalue weighted by molar-refractivity contribution is -0.122. The zero-order chi connectivity index (χ0) is 19.0. The third-order valence-electron chi connectivity index (χ3n) is 4.62. The number of carbonyl (C=O) groups is 1. The second-order valence-corrected chi connectivity index (χ2v) is 7.76. The van der Waals surface area contributed by atoms with E-state index in [0.29, 0.717) is 28.9 Å². The SMILES string of the molecule is Cc1nc2sc(N3CCC[C@@H]3C(=O)NCc3ccccc3)nn2c(=O)c1Cl. The van der Waals surface area contributed by atoms with Crippen LogP contribution < -0.4 is 15.8 Å². The summed E-state index contributed by atoms with van der Waals surface area (Å²) < 4.78 is 1.21. The number of fused-ring (bicyclic) bond motifs is 1. The summed E-state index contributed by atoms with van der Waals surface area (Å²) in [7, 11) is 0. The van der Waals surface area contributed by atoms with Crippen molar-refractivity contribution in [2.45, 2.75) is 32.4 Å². The quantitative estimate of drug-likeness (QED) is 0.723. The number of amides is 1. The number of nitrogens with one attached hydrogen (secondary N) is 1. The topological polar surface area (TPSA) is 79.6 Å². The maximum Gasteiger partial charge on any atom is 0.294 e. The molecule has 140 valence electrons. The van der Waals surface area contributed by atoms with E-state index in [-0.39, 0.29) is 22.5 Å². The summed E-state index contributed by atoms with van der Waals surface area (Å²) in [4.78, 5) is 31.8. The minimum atomic E-state index is -0.383. The van der Waals surface area contributed by atoms with Gasteiger partial charge in [0, 0.05) is 13.1 Å². The average molecular weight is 404 g/mol. The molecule has 1 aromatic carbocycles. The fourth-order valence-corrected chi connectivity index (χ4v) is 4.34. The summed E-state index contributed by atoms with van der Waals surface area (Å²) in [5, 5.41) is 8.05. The Hall–Kier alpha value is -2.45. The van der Waals surface area contributed by atoms with Crippen LogP contribution in [0.3, 0.4) is 0 Å². The van der Waals surface area contributed by atoms with Gasteiger partial charge in [0.1, 0.15) is 11.1 Å². The monoisotopic (exact) mass is 403 g/mol. The Morgan fingerprint density at radius 1 is 1.37 bits per heavy atom. The van der Waals surface area contributed by atoms with E-state index in [1.807, 2.05) is 35.2 Å². The van der Waals surface area contributed by atoms with Crippen LogP contribution in [0.25, 0.3) is 4.96 Å². The van der Waals surface area contributed by atoms with Crippen LogP contribution in [0.15, 0.2) is 35.1 Å². The Kier molecular flexibility index (Phi) is 4.84. The van der Waals surface area contributed by atoms with Crippen LogP contribution in [0.1, 0.15) is 24.1 Å². The molecule has 0 aliphatic carbocycles. The van der Waals surface area contributed by atoms with Crippen molar-refractivity contribution >= 4 is 38.9 Å². The van der Waals surface area contributed by atoms with Crippen molar-refractivity contribution in [1.29, 1.82) is 0 Å². The molecule has 1 fully saturated rings. The van der Waals surface area contributed by atoms with Crippen molar-refractivity contribution in [3.05, 3.63) is 57.0 Å². The van der Waals surface area contributed by atoms with Gasteiger partial charge in [0.25, 0.3) is 5.56 Å². The van der Waals surface area contributed by atoms with E-state index in [1.54, 1.807) is 6.92 Å². The smallest absolute Gasteiger partial charge is 0.294 e. The van der Waals surface area contributed by atoms with Crippen LogP contribution in [-0.2, 0) is 11.3 Å². The lowest BCUT2D eigenvalue weighted by Gasteiger charge is -2.22. The van der Waals surface area contributed by atoms with Gasteiger partial charge in [-0.05, 0) is 25.3 Å². The van der Waals surface area contributed by atoms with Gasteiger partial charge in [-0.2, -0.15) is 4.52 Å². The van der Waals surface area contributed by atoms with Crippen LogP contribution in [-0.4, -0.2) is 33.1 Å².